The van der Waals surface area contributed by atoms with Gasteiger partial charge in [0.1, 0.15) is 0 Å². The van der Waals surface area contributed by atoms with E-state index in [1.54, 1.807) is 6.07 Å². The maximum atomic E-state index is 12.7. The van der Waals surface area contributed by atoms with Crippen molar-refractivity contribution in [3.05, 3.63) is 53.6 Å². The van der Waals surface area contributed by atoms with Gasteiger partial charge in [-0.1, -0.05) is 18.2 Å². The molecule has 0 aliphatic carbocycles. The van der Waals surface area contributed by atoms with E-state index < -0.39 is 11.7 Å². The molecule has 0 unspecified atom stereocenters. The third-order valence-corrected chi connectivity index (χ3v) is 3.61. The number of benzene rings is 2. The average Bonchev–Trinajstić information content (AvgIpc) is 3.01. The topological polar surface area (TPSA) is 42.5 Å². The van der Waals surface area contributed by atoms with Crippen LogP contribution in [0.5, 0.6) is 11.5 Å². The highest BCUT2D eigenvalue weighted by Gasteiger charge is 2.30. The minimum Gasteiger partial charge on any atom is -0.454 e. The number of alkyl halides is 3. The van der Waals surface area contributed by atoms with E-state index in [-0.39, 0.29) is 17.6 Å². The normalized spacial score (nSPS) is 12.8. The lowest BCUT2D eigenvalue weighted by Gasteiger charge is -2.13. The van der Waals surface area contributed by atoms with Crippen LogP contribution < -0.4 is 20.1 Å². The van der Waals surface area contributed by atoms with E-state index in [2.05, 4.69) is 10.6 Å². The van der Waals surface area contributed by atoms with Crippen molar-refractivity contribution in [3.63, 3.8) is 0 Å². The van der Waals surface area contributed by atoms with Crippen LogP contribution in [0.1, 0.15) is 11.1 Å². The SMILES string of the molecule is FC(F)(F)c1cccc(NC(=S)NCc2cccc3c2OCO3)c1. The van der Waals surface area contributed by atoms with Gasteiger partial charge >= 0.3 is 6.18 Å². The Labute approximate surface area is 141 Å². The molecule has 0 bridgehead atoms. The molecule has 0 radical (unpaired) electrons. The smallest absolute Gasteiger partial charge is 0.416 e. The summed E-state index contributed by atoms with van der Waals surface area (Å²) >= 11 is 5.12. The van der Waals surface area contributed by atoms with E-state index in [9.17, 15) is 13.2 Å². The van der Waals surface area contributed by atoms with Crippen molar-refractivity contribution in [1.82, 2.24) is 5.32 Å². The molecule has 2 aromatic rings. The summed E-state index contributed by atoms with van der Waals surface area (Å²) in [6.45, 7) is 0.524. The van der Waals surface area contributed by atoms with E-state index in [0.717, 1.165) is 17.7 Å². The van der Waals surface area contributed by atoms with Crippen LogP contribution >= 0.6 is 12.2 Å². The molecule has 1 aliphatic heterocycles. The molecule has 2 N–H and O–H groups in total. The van der Waals surface area contributed by atoms with Gasteiger partial charge in [-0.25, -0.2) is 0 Å². The molecule has 2 aromatic carbocycles. The van der Waals surface area contributed by atoms with Gasteiger partial charge in [0.05, 0.1) is 5.56 Å². The summed E-state index contributed by atoms with van der Waals surface area (Å²) in [7, 11) is 0. The Bertz CT molecular complexity index is 765. The van der Waals surface area contributed by atoms with Gasteiger partial charge in [0.15, 0.2) is 16.6 Å². The van der Waals surface area contributed by atoms with Gasteiger partial charge in [0.2, 0.25) is 6.79 Å². The van der Waals surface area contributed by atoms with Crippen LogP contribution in [-0.2, 0) is 12.7 Å². The number of hydrogen-bond acceptors (Lipinski definition) is 3. The van der Waals surface area contributed by atoms with Crippen LogP contribution in [0.3, 0.4) is 0 Å². The molecule has 0 amide bonds. The first-order valence-corrected chi connectivity index (χ1v) is 7.44. The molecule has 0 fully saturated rings. The van der Waals surface area contributed by atoms with Gasteiger partial charge in [-0.3, -0.25) is 0 Å². The Morgan fingerprint density at radius 2 is 1.92 bits per heavy atom. The minimum atomic E-state index is -4.39. The van der Waals surface area contributed by atoms with E-state index in [4.69, 9.17) is 21.7 Å². The predicted octanol–water partition coefficient (Wildman–Crippen LogP) is 3.92. The molecule has 0 atom stereocenters. The highest BCUT2D eigenvalue weighted by Crippen LogP contribution is 2.35. The standard InChI is InChI=1S/C16H13F3N2O2S/c17-16(18,19)11-4-2-5-12(7-11)21-15(24)20-8-10-3-1-6-13-14(10)23-9-22-13/h1-7H,8-9H2,(H2,20,21,24). The second-order valence-electron chi connectivity index (χ2n) is 5.04. The largest absolute Gasteiger partial charge is 0.454 e. The van der Waals surface area contributed by atoms with Crippen LogP contribution in [0.4, 0.5) is 18.9 Å². The fourth-order valence-electron chi connectivity index (χ4n) is 2.25. The molecule has 8 heteroatoms. The molecule has 1 heterocycles. The summed E-state index contributed by atoms with van der Waals surface area (Å²) < 4.78 is 48.8. The van der Waals surface area contributed by atoms with E-state index in [1.807, 2.05) is 12.1 Å². The van der Waals surface area contributed by atoms with E-state index in [1.165, 1.54) is 12.1 Å². The number of anilines is 1. The van der Waals surface area contributed by atoms with Crippen LogP contribution in [0.15, 0.2) is 42.5 Å². The second-order valence-corrected chi connectivity index (χ2v) is 5.45. The highest BCUT2D eigenvalue weighted by atomic mass is 32.1. The molecule has 126 valence electrons. The summed E-state index contributed by atoms with van der Waals surface area (Å²) in [6, 6.07) is 10.3. The first-order valence-electron chi connectivity index (χ1n) is 7.03. The van der Waals surface area contributed by atoms with Gasteiger partial charge in [-0.2, -0.15) is 13.2 Å². The van der Waals surface area contributed by atoms with Crippen LogP contribution in [0, 0.1) is 0 Å². The molecule has 0 saturated heterocycles. The molecule has 3 rings (SSSR count). The van der Waals surface area contributed by atoms with Gasteiger partial charge < -0.3 is 20.1 Å². The Hall–Kier alpha value is -2.48. The zero-order valence-corrected chi connectivity index (χ0v) is 13.1. The number of halogens is 3. The van der Waals surface area contributed by atoms with Crippen molar-refractivity contribution < 1.29 is 22.6 Å². The lowest BCUT2D eigenvalue weighted by atomic mass is 10.2. The number of ether oxygens (including phenoxy) is 2. The fourth-order valence-corrected chi connectivity index (χ4v) is 2.44. The predicted molar refractivity (Wildman–Crippen MR) is 87.1 cm³/mol. The average molecular weight is 354 g/mol. The maximum Gasteiger partial charge on any atom is 0.416 e. The summed E-state index contributed by atoms with van der Waals surface area (Å²) in [4.78, 5) is 0. The quantitative estimate of drug-likeness (QED) is 0.818. The molecular weight excluding hydrogens is 341 g/mol. The number of para-hydroxylation sites is 1. The Morgan fingerprint density at radius 3 is 2.71 bits per heavy atom. The minimum absolute atomic E-state index is 0.166. The monoisotopic (exact) mass is 354 g/mol. The third kappa shape index (κ3) is 3.70. The molecule has 4 nitrogen and oxygen atoms in total. The van der Waals surface area contributed by atoms with Crippen molar-refractivity contribution in [2.24, 2.45) is 0 Å². The van der Waals surface area contributed by atoms with Crippen molar-refractivity contribution >= 4 is 23.0 Å². The number of rotatable bonds is 3. The number of fused-ring (bicyclic) bond motifs is 1. The van der Waals surface area contributed by atoms with Crippen molar-refractivity contribution in [3.8, 4) is 11.5 Å². The van der Waals surface area contributed by atoms with Gasteiger partial charge in [-0.15, -0.1) is 0 Å². The summed E-state index contributed by atoms with van der Waals surface area (Å²) in [5, 5.41) is 5.89. The van der Waals surface area contributed by atoms with Gasteiger partial charge in [0.25, 0.3) is 0 Å². The molecule has 0 aromatic heterocycles. The number of hydrogen-bond donors (Lipinski definition) is 2. The van der Waals surface area contributed by atoms with Crippen molar-refractivity contribution in [2.75, 3.05) is 12.1 Å². The first-order chi connectivity index (χ1) is 11.4. The first kappa shape index (κ1) is 16.4. The molecular formula is C16H13F3N2O2S. The molecule has 1 aliphatic rings. The lowest BCUT2D eigenvalue weighted by Crippen LogP contribution is -2.28. The van der Waals surface area contributed by atoms with E-state index in [0.29, 0.717) is 18.0 Å². The molecule has 24 heavy (non-hydrogen) atoms. The lowest BCUT2D eigenvalue weighted by molar-refractivity contribution is -0.137. The number of nitrogens with one attached hydrogen (secondary N) is 2. The third-order valence-electron chi connectivity index (χ3n) is 3.37. The summed E-state index contributed by atoms with van der Waals surface area (Å²) in [5.74, 6) is 1.30. The Morgan fingerprint density at radius 1 is 1.12 bits per heavy atom. The summed E-state index contributed by atoms with van der Waals surface area (Å²) in [6.07, 6.45) is -4.39. The van der Waals surface area contributed by atoms with Gasteiger partial charge in [-0.05, 0) is 36.5 Å². The fraction of sp³-hybridized carbons (Fsp3) is 0.188. The zero-order valence-electron chi connectivity index (χ0n) is 12.3. The van der Waals surface area contributed by atoms with E-state index >= 15 is 0 Å². The number of thiocarbonyl (C=S) groups is 1. The van der Waals surface area contributed by atoms with Gasteiger partial charge in [0, 0.05) is 17.8 Å². The Balaban J connectivity index is 1.62. The zero-order chi connectivity index (χ0) is 17.2. The Kier molecular flexibility index (Phi) is 4.48. The maximum absolute atomic E-state index is 12.7. The van der Waals surface area contributed by atoms with Crippen molar-refractivity contribution in [1.29, 1.82) is 0 Å². The molecule has 0 saturated carbocycles. The van der Waals surface area contributed by atoms with Crippen LogP contribution in [-0.4, -0.2) is 11.9 Å². The highest BCUT2D eigenvalue weighted by molar-refractivity contribution is 7.80. The van der Waals surface area contributed by atoms with Crippen LogP contribution in [0.2, 0.25) is 0 Å². The van der Waals surface area contributed by atoms with Crippen LogP contribution in [0.25, 0.3) is 0 Å². The van der Waals surface area contributed by atoms with Crippen molar-refractivity contribution in [2.45, 2.75) is 12.7 Å². The molecule has 0 spiro atoms. The second kappa shape index (κ2) is 6.56. The summed E-state index contributed by atoms with van der Waals surface area (Å²) in [5.41, 5.74) is 0.375.